The first-order chi connectivity index (χ1) is 17.5. The van der Waals surface area contributed by atoms with Crippen LogP contribution in [0.15, 0.2) is 48.7 Å². The minimum atomic E-state index is -0.348. The maximum absolute atomic E-state index is 13.4. The van der Waals surface area contributed by atoms with Crippen LogP contribution in [-0.4, -0.2) is 44.6 Å². The topological polar surface area (TPSA) is 104 Å². The van der Waals surface area contributed by atoms with E-state index in [0.717, 1.165) is 11.1 Å². The number of nitrogens with one attached hydrogen (secondary N) is 1. The zero-order valence-corrected chi connectivity index (χ0v) is 19.5. The normalized spacial score (nSPS) is 14.5. The Morgan fingerprint density at radius 3 is 2.78 bits per heavy atom. The average molecular weight is 484 g/mol. The Kier molecular flexibility index (Phi) is 6.04. The predicted molar refractivity (Wildman–Crippen MR) is 129 cm³/mol. The van der Waals surface area contributed by atoms with Gasteiger partial charge in [0.1, 0.15) is 18.2 Å². The highest BCUT2D eigenvalue weighted by Crippen LogP contribution is 2.42. The van der Waals surface area contributed by atoms with E-state index in [0.29, 0.717) is 34.3 Å². The van der Waals surface area contributed by atoms with E-state index in [-0.39, 0.29) is 36.6 Å². The zero-order valence-electron chi connectivity index (χ0n) is 19.5. The summed E-state index contributed by atoms with van der Waals surface area (Å²) >= 11 is 0. The van der Waals surface area contributed by atoms with Gasteiger partial charge in [-0.25, -0.2) is 9.37 Å². The first-order valence-corrected chi connectivity index (χ1v) is 11.1. The smallest absolute Gasteiger partial charge is 0.272 e. The minimum absolute atomic E-state index is 0.114. The number of anilines is 1. The maximum atomic E-state index is 13.4. The van der Waals surface area contributed by atoms with Crippen molar-refractivity contribution in [3.05, 3.63) is 71.3 Å². The summed E-state index contributed by atoms with van der Waals surface area (Å²) in [5, 5.41) is 15.7. The molecule has 0 fully saturated rings. The van der Waals surface area contributed by atoms with Gasteiger partial charge in [0.15, 0.2) is 11.5 Å². The van der Waals surface area contributed by atoms with Crippen LogP contribution in [0.3, 0.4) is 0 Å². The van der Waals surface area contributed by atoms with Crippen molar-refractivity contribution in [3.8, 4) is 41.0 Å². The molecule has 1 N–H and O–H groups in total. The number of fused-ring (bicyclic) bond motifs is 1. The van der Waals surface area contributed by atoms with Gasteiger partial charge in [-0.1, -0.05) is 12.0 Å². The van der Waals surface area contributed by atoms with Gasteiger partial charge in [-0.15, -0.1) is 11.5 Å². The van der Waals surface area contributed by atoms with Crippen LogP contribution in [0.5, 0.6) is 11.5 Å². The number of aromatic nitrogens is 5. The molecule has 10 heteroatoms. The number of aryl methyl sites for hydroxylation is 1. The lowest BCUT2D eigenvalue weighted by Gasteiger charge is -2.24. The standard InChI is InChI=1S/C26H21FN6O3/c1-4-11-36-21-10-7-17(12-22(21)35-3)19-13-23(34)30-25-24(19)15(2)32-33(25)26-29-20(14-28-31-26)16-5-8-18(27)9-6-16/h1,5-10,12,14,19H,11,13H2,2-3H3,(H,30,34)/t19-/m0/s1. The number of carbonyl (C=O) groups excluding carboxylic acids is 1. The summed E-state index contributed by atoms with van der Waals surface area (Å²) in [6.45, 7) is 1.97. The second kappa shape index (κ2) is 9.46. The lowest BCUT2D eigenvalue weighted by atomic mass is 9.85. The summed E-state index contributed by atoms with van der Waals surface area (Å²) < 4.78 is 25.9. The number of halogens is 1. The largest absolute Gasteiger partial charge is 0.493 e. The minimum Gasteiger partial charge on any atom is -0.493 e. The highest BCUT2D eigenvalue weighted by molar-refractivity contribution is 5.95. The molecule has 2 aromatic heterocycles. The van der Waals surface area contributed by atoms with Crippen molar-refractivity contribution >= 4 is 11.7 Å². The van der Waals surface area contributed by atoms with Crippen molar-refractivity contribution in [3.63, 3.8) is 0 Å². The Labute approximate surface area is 206 Å². The zero-order chi connectivity index (χ0) is 25.2. The fourth-order valence-electron chi connectivity index (χ4n) is 4.26. The molecular weight excluding hydrogens is 463 g/mol. The second-order valence-electron chi connectivity index (χ2n) is 8.12. The molecule has 0 saturated heterocycles. The van der Waals surface area contributed by atoms with Gasteiger partial charge in [0, 0.05) is 23.5 Å². The van der Waals surface area contributed by atoms with Gasteiger partial charge in [0.05, 0.1) is 24.7 Å². The van der Waals surface area contributed by atoms with Crippen molar-refractivity contribution < 1.29 is 18.7 Å². The Hall–Kier alpha value is -4.78. The van der Waals surface area contributed by atoms with Crippen molar-refractivity contribution in [2.45, 2.75) is 19.3 Å². The van der Waals surface area contributed by atoms with E-state index in [4.69, 9.17) is 15.9 Å². The number of methoxy groups -OCH3 is 1. The molecule has 0 spiro atoms. The average Bonchev–Trinajstić information content (AvgIpc) is 3.23. The summed E-state index contributed by atoms with van der Waals surface area (Å²) in [7, 11) is 1.54. The first-order valence-electron chi connectivity index (χ1n) is 11.1. The van der Waals surface area contributed by atoms with Crippen LogP contribution >= 0.6 is 0 Å². The van der Waals surface area contributed by atoms with E-state index in [9.17, 15) is 9.18 Å². The molecule has 4 aromatic rings. The Bertz CT molecular complexity index is 1490. The van der Waals surface area contributed by atoms with Gasteiger partial charge >= 0.3 is 0 Å². The molecule has 1 aliphatic heterocycles. The molecule has 180 valence electrons. The van der Waals surface area contributed by atoms with E-state index in [1.54, 1.807) is 25.3 Å². The van der Waals surface area contributed by atoms with Crippen LogP contribution in [0.4, 0.5) is 10.2 Å². The van der Waals surface area contributed by atoms with Gasteiger partial charge in [-0.3, -0.25) is 4.79 Å². The van der Waals surface area contributed by atoms with E-state index >= 15 is 0 Å². The van der Waals surface area contributed by atoms with Crippen molar-refractivity contribution in [2.24, 2.45) is 0 Å². The number of nitrogens with zero attached hydrogens (tertiary/aromatic N) is 5. The van der Waals surface area contributed by atoms with E-state index in [2.05, 4.69) is 31.5 Å². The number of ether oxygens (including phenoxy) is 2. The Morgan fingerprint density at radius 2 is 2.03 bits per heavy atom. The third-order valence-corrected chi connectivity index (χ3v) is 5.88. The van der Waals surface area contributed by atoms with Gasteiger partial charge in [0.25, 0.3) is 5.95 Å². The van der Waals surface area contributed by atoms with Crippen molar-refractivity contribution in [1.29, 1.82) is 0 Å². The SMILES string of the molecule is C#CCOc1ccc([C@@H]2CC(=O)Nc3c2c(C)nn3-c2nncc(-c3ccc(F)cc3)n2)cc1OC. The van der Waals surface area contributed by atoms with Crippen LogP contribution in [0.25, 0.3) is 17.2 Å². The summed E-state index contributed by atoms with van der Waals surface area (Å²) in [5.74, 6) is 3.30. The number of carbonyl (C=O) groups is 1. The molecule has 3 heterocycles. The number of rotatable bonds is 6. The van der Waals surface area contributed by atoms with E-state index in [1.807, 2.05) is 19.1 Å². The summed E-state index contributed by atoms with van der Waals surface area (Å²) in [6.07, 6.45) is 7.01. The number of hydrogen-bond donors (Lipinski definition) is 1. The predicted octanol–water partition coefficient (Wildman–Crippen LogP) is 3.67. The van der Waals surface area contributed by atoms with Crippen LogP contribution < -0.4 is 14.8 Å². The lowest BCUT2D eigenvalue weighted by Crippen LogP contribution is -2.25. The quantitative estimate of drug-likeness (QED) is 0.417. The Balaban J connectivity index is 1.56. The molecule has 9 nitrogen and oxygen atoms in total. The molecule has 5 rings (SSSR count). The molecule has 1 atom stereocenters. The molecule has 1 amide bonds. The van der Waals surface area contributed by atoms with Crippen molar-refractivity contribution in [1.82, 2.24) is 25.0 Å². The summed E-state index contributed by atoms with van der Waals surface area (Å²) in [5.41, 5.74) is 3.57. The summed E-state index contributed by atoms with van der Waals surface area (Å²) in [4.78, 5) is 17.3. The highest BCUT2D eigenvalue weighted by Gasteiger charge is 2.33. The molecule has 0 bridgehead atoms. The molecule has 1 aliphatic rings. The maximum Gasteiger partial charge on any atom is 0.272 e. The third-order valence-electron chi connectivity index (χ3n) is 5.88. The molecular formula is C26H21FN6O3. The van der Waals surface area contributed by atoms with Crippen LogP contribution in [0, 0.1) is 25.1 Å². The monoisotopic (exact) mass is 484 g/mol. The number of hydrogen-bond acceptors (Lipinski definition) is 7. The fraction of sp³-hybridized carbons (Fsp3) is 0.192. The van der Waals surface area contributed by atoms with Crippen LogP contribution in [0.1, 0.15) is 29.2 Å². The van der Waals surface area contributed by atoms with E-state index in [1.165, 1.54) is 23.0 Å². The summed E-state index contributed by atoms with van der Waals surface area (Å²) in [6, 6.07) is 11.4. The highest BCUT2D eigenvalue weighted by atomic mass is 19.1. The number of terminal acetylenes is 1. The molecule has 0 radical (unpaired) electrons. The van der Waals surface area contributed by atoms with Gasteiger partial charge in [-0.05, 0) is 48.9 Å². The fourth-order valence-corrected chi connectivity index (χ4v) is 4.26. The van der Waals surface area contributed by atoms with Crippen LogP contribution in [0.2, 0.25) is 0 Å². The molecule has 36 heavy (non-hydrogen) atoms. The lowest BCUT2D eigenvalue weighted by molar-refractivity contribution is -0.116. The molecule has 0 unspecified atom stereocenters. The van der Waals surface area contributed by atoms with Crippen LogP contribution in [-0.2, 0) is 4.79 Å². The second-order valence-corrected chi connectivity index (χ2v) is 8.12. The number of benzene rings is 2. The molecule has 0 saturated carbocycles. The van der Waals surface area contributed by atoms with Gasteiger partial charge in [0.2, 0.25) is 5.91 Å². The van der Waals surface area contributed by atoms with Crippen molar-refractivity contribution in [2.75, 3.05) is 19.0 Å². The third kappa shape index (κ3) is 4.22. The Morgan fingerprint density at radius 1 is 1.22 bits per heavy atom. The number of amides is 1. The van der Waals surface area contributed by atoms with Gasteiger partial charge < -0.3 is 14.8 Å². The first kappa shape index (κ1) is 23.0. The van der Waals surface area contributed by atoms with Gasteiger partial charge in [-0.2, -0.15) is 14.9 Å². The molecule has 0 aliphatic carbocycles. The molecule has 2 aromatic carbocycles. The van der Waals surface area contributed by atoms with E-state index < -0.39 is 0 Å².